The molecule has 2 aromatic rings. The van der Waals surface area contributed by atoms with Crippen molar-refractivity contribution in [3.8, 4) is 0 Å². The summed E-state index contributed by atoms with van der Waals surface area (Å²) in [6.45, 7) is 5.75. The van der Waals surface area contributed by atoms with Crippen molar-refractivity contribution in [2.24, 2.45) is 11.8 Å². The molecule has 0 bridgehead atoms. The van der Waals surface area contributed by atoms with Crippen LogP contribution in [-0.4, -0.2) is 35.6 Å². The molecule has 2 aromatic carbocycles. The van der Waals surface area contributed by atoms with Gasteiger partial charge in [-0.2, -0.15) is 0 Å². The van der Waals surface area contributed by atoms with E-state index in [1.165, 1.54) is 0 Å². The lowest BCUT2D eigenvalue weighted by molar-refractivity contribution is -0.117. The SMILES string of the molecule is C[C@@H]1C[C@H](C)CN(C(=O)c2cc(Br)ccc2NC(=O)C2CC(=O)c3ccccc32)C1. The van der Waals surface area contributed by atoms with E-state index in [-0.39, 0.29) is 24.0 Å². The highest BCUT2D eigenvalue weighted by atomic mass is 79.9. The Bertz CT molecular complexity index is 1010. The van der Waals surface area contributed by atoms with Crippen LogP contribution < -0.4 is 5.32 Å². The first-order chi connectivity index (χ1) is 14.3. The topological polar surface area (TPSA) is 66.5 Å². The fourth-order valence-corrected chi connectivity index (χ4v) is 5.08. The van der Waals surface area contributed by atoms with Crippen molar-refractivity contribution in [2.75, 3.05) is 18.4 Å². The molecular formula is C24H25BrN2O3. The molecule has 1 heterocycles. The van der Waals surface area contributed by atoms with Crippen LogP contribution in [0, 0.1) is 11.8 Å². The molecule has 2 amide bonds. The van der Waals surface area contributed by atoms with Gasteiger partial charge >= 0.3 is 0 Å². The van der Waals surface area contributed by atoms with Crippen LogP contribution in [0.25, 0.3) is 0 Å². The summed E-state index contributed by atoms with van der Waals surface area (Å²) in [5.74, 6) is 0.00947. The lowest BCUT2D eigenvalue weighted by Gasteiger charge is -2.35. The van der Waals surface area contributed by atoms with Gasteiger partial charge in [-0.25, -0.2) is 0 Å². The van der Waals surface area contributed by atoms with E-state index in [1.54, 1.807) is 18.2 Å². The number of likely N-dealkylation sites (tertiary alicyclic amines) is 1. The number of carbonyl (C=O) groups excluding carboxylic acids is 3. The van der Waals surface area contributed by atoms with Crippen LogP contribution in [0.2, 0.25) is 0 Å². The van der Waals surface area contributed by atoms with Crippen molar-refractivity contribution in [2.45, 2.75) is 32.6 Å². The predicted octanol–water partition coefficient (Wildman–Crippen LogP) is 4.88. The highest BCUT2D eigenvalue weighted by Gasteiger charge is 2.35. The lowest BCUT2D eigenvalue weighted by Crippen LogP contribution is -2.42. The molecule has 1 N–H and O–H groups in total. The maximum absolute atomic E-state index is 13.3. The largest absolute Gasteiger partial charge is 0.338 e. The number of rotatable bonds is 3. The van der Waals surface area contributed by atoms with Gasteiger partial charge in [-0.3, -0.25) is 14.4 Å². The summed E-state index contributed by atoms with van der Waals surface area (Å²) >= 11 is 3.45. The second kappa shape index (κ2) is 8.34. The molecule has 0 aromatic heterocycles. The van der Waals surface area contributed by atoms with Gasteiger partial charge in [0.15, 0.2) is 5.78 Å². The molecule has 0 radical (unpaired) electrons. The van der Waals surface area contributed by atoms with E-state index in [0.717, 1.165) is 16.5 Å². The van der Waals surface area contributed by atoms with E-state index in [0.29, 0.717) is 41.7 Å². The van der Waals surface area contributed by atoms with E-state index in [2.05, 4.69) is 35.1 Å². The Kier molecular flexibility index (Phi) is 5.78. The van der Waals surface area contributed by atoms with Crippen LogP contribution in [0.4, 0.5) is 5.69 Å². The van der Waals surface area contributed by atoms with Gasteiger partial charge in [0, 0.05) is 29.5 Å². The first-order valence-electron chi connectivity index (χ1n) is 10.3. The first-order valence-corrected chi connectivity index (χ1v) is 11.1. The van der Waals surface area contributed by atoms with E-state index >= 15 is 0 Å². The van der Waals surface area contributed by atoms with Gasteiger partial charge < -0.3 is 10.2 Å². The van der Waals surface area contributed by atoms with Gasteiger partial charge in [-0.1, -0.05) is 54.0 Å². The number of anilines is 1. The van der Waals surface area contributed by atoms with Crippen molar-refractivity contribution in [1.29, 1.82) is 0 Å². The van der Waals surface area contributed by atoms with Crippen molar-refractivity contribution < 1.29 is 14.4 Å². The molecule has 0 saturated carbocycles. The van der Waals surface area contributed by atoms with Crippen LogP contribution in [0.5, 0.6) is 0 Å². The first kappa shape index (κ1) is 20.8. The second-order valence-electron chi connectivity index (χ2n) is 8.60. The number of nitrogens with zero attached hydrogens (tertiary/aromatic N) is 1. The molecule has 1 aliphatic heterocycles. The van der Waals surface area contributed by atoms with Crippen molar-refractivity contribution in [3.05, 3.63) is 63.6 Å². The van der Waals surface area contributed by atoms with Gasteiger partial charge in [-0.05, 0) is 42.0 Å². The van der Waals surface area contributed by atoms with Crippen LogP contribution in [-0.2, 0) is 4.79 Å². The highest BCUT2D eigenvalue weighted by Crippen LogP contribution is 2.34. The van der Waals surface area contributed by atoms with E-state index in [1.807, 2.05) is 29.2 Å². The third-order valence-electron chi connectivity index (χ3n) is 5.97. The van der Waals surface area contributed by atoms with Crippen molar-refractivity contribution in [3.63, 3.8) is 0 Å². The molecule has 1 unspecified atom stereocenters. The molecule has 30 heavy (non-hydrogen) atoms. The second-order valence-corrected chi connectivity index (χ2v) is 9.52. The number of piperidine rings is 1. The van der Waals surface area contributed by atoms with E-state index < -0.39 is 5.92 Å². The van der Waals surface area contributed by atoms with Gasteiger partial charge in [0.05, 0.1) is 17.2 Å². The van der Waals surface area contributed by atoms with Gasteiger partial charge in [0.2, 0.25) is 5.91 Å². The average molecular weight is 469 g/mol. The molecule has 1 fully saturated rings. The quantitative estimate of drug-likeness (QED) is 0.697. The molecule has 4 rings (SSSR count). The summed E-state index contributed by atoms with van der Waals surface area (Å²) in [4.78, 5) is 40.5. The number of Topliss-reactive ketones (excluding diaryl/α,β-unsaturated/α-hetero) is 1. The molecule has 1 aliphatic carbocycles. The number of hydrogen-bond donors (Lipinski definition) is 1. The van der Waals surface area contributed by atoms with Crippen molar-refractivity contribution in [1.82, 2.24) is 4.90 Å². The number of amides is 2. The Balaban J connectivity index is 1.59. The fraction of sp³-hybridized carbons (Fsp3) is 0.375. The summed E-state index contributed by atoms with van der Waals surface area (Å²) in [5.41, 5.74) is 2.32. The normalized spacial score (nSPS) is 23.2. The monoisotopic (exact) mass is 468 g/mol. The molecular weight excluding hydrogens is 444 g/mol. The summed E-state index contributed by atoms with van der Waals surface area (Å²) in [5, 5.41) is 2.92. The maximum atomic E-state index is 13.3. The van der Waals surface area contributed by atoms with Gasteiger partial charge in [0.25, 0.3) is 5.91 Å². The molecule has 5 nitrogen and oxygen atoms in total. The van der Waals surface area contributed by atoms with Gasteiger partial charge in [-0.15, -0.1) is 0 Å². The summed E-state index contributed by atoms with van der Waals surface area (Å²) < 4.78 is 0.781. The molecule has 156 valence electrons. The number of fused-ring (bicyclic) bond motifs is 1. The standard InChI is InChI=1S/C24H25BrN2O3/c1-14-9-15(2)13-27(12-14)24(30)20-10-16(25)7-8-21(20)26-23(29)19-11-22(28)18-6-4-3-5-17(18)19/h3-8,10,14-15,19H,9,11-13H2,1-2H3,(H,26,29)/t14-,15+,19?. The van der Waals surface area contributed by atoms with E-state index in [9.17, 15) is 14.4 Å². The van der Waals surface area contributed by atoms with Crippen LogP contribution >= 0.6 is 15.9 Å². The van der Waals surface area contributed by atoms with Crippen molar-refractivity contribution >= 4 is 39.2 Å². The van der Waals surface area contributed by atoms with Gasteiger partial charge in [0.1, 0.15) is 0 Å². The zero-order valence-electron chi connectivity index (χ0n) is 17.2. The molecule has 1 saturated heterocycles. The summed E-state index contributed by atoms with van der Waals surface area (Å²) in [6.07, 6.45) is 1.27. The minimum Gasteiger partial charge on any atom is -0.338 e. The number of halogens is 1. The average Bonchev–Trinajstić information content (AvgIpc) is 3.05. The Morgan fingerprint density at radius 2 is 1.77 bits per heavy atom. The van der Waals surface area contributed by atoms with Crippen LogP contribution in [0.3, 0.4) is 0 Å². The van der Waals surface area contributed by atoms with E-state index in [4.69, 9.17) is 0 Å². The Labute approximate surface area is 185 Å². The third-order valence-corrected chi connectivity index (χ3v) is 6.46. The minimum atomic E-state index is -0.532. The number of carbonyl (C=O) groups is 3. The number of nitrogens with one attached hydrogen (secondary N) is 1. The lowest BCUT2D eigenvalue weighted by atomic mass is 9.91. The Hall–Kier alpha value is -2.47. The predicted molar refractivity (Wildman–Crippen MR) is 120 cm³/mol. The van der Waals surface area contributed by atoms with Crippen LogP contribution in [0.15, 0.2) is 46.9 Å². The fourth-order valence-electron chi connectivity index (χ4n) is 4.72. The zero-order chi connectivity index (χ0) is 21.4. The molecule has 0 spiro atoms. The number of ketones is 1. The Morgan fingerprint density at radius 3 is 2.50 bits per heavy atom. The zero-order valence-corrected chi connectivity index (χ0v) is 18.7. The molecule has 2 aliphatic rings. The Morgan fingerprint density at radius 1 is 1.07 bits per heavy atom. The minimum absolute atomic E-state index is 0.0193. The summed E-state index contributed by atoms with van der Waals surface area (Å²) in [7, 11) is 0. The highest BCUT2D eigenvalue weighted by molar-refractivity contribution is 9.10. The molecule has 6 heteroatoms. The number of benzene rings is 2. The third kappa shape index (κ3) is 4.06. The smallest absolute Gasteiger partial charge is 0.256 e. The van der Waals surface area contributed by atoms with Crippen LogP contribution in [0.1, 0.15) is 58.9 Å². The molecule has 3 atom stereocenters. The summed E-state index contributed by atoms with van der Waals surface area (Å²) in [6, 6.07) is 12.5. The maximum Gasteiger partial charge on any atom is 0.256 e. The number of hydrogen-bond acceptors (Lipinski definition) is 3.